The number of anilines is 1. The Morgan fingerprint density at radius 3 is 2.65 bits per heavy atom. The largest absolute Gasteiger partial charge is 0.293 e. The molecule has 1 aromatic rings. The topological polar surface area (TPSA) is 32.7 Å². The summed E-state index contributed by atoms with van der Waals surface area (Å²) >= 11 is 0. The van der Waals surface area contributed by atoms with E-state index < -0.39 is 0 Å². The van der Waals surface area contributed by atoms with E-state index in [0.29, 0.717) is 12.1 Å². The van der Waals surface area contributed by atoms with Gasteiger partial charge < -0.3 is 0 Å². The molecule has 17 heavy (non-hydrogen) atoms. The molecule has 0 amide bonds. The highest BCUT2D eigenvalue weighted by Gasteiger charge is 2.37. The van der Waals surface area contributed by atoms with E-state index in [2.05, 4.69) is 11.7 Å². The maximum atomic E-state index is 11.4. The second-order valence-electron chi connectivity index (χ2n) is 4.49. The van der Waals surface area contributed by atoms with Crippen LogP contribution >= 0.6 is 0 Å². The Hall–Kier alpha value is -1.90. The van der Waals surface area contributed by atoms with Gasteiger partial charge in [-0.15, -0.1) is 6.58 Å². The zero-order chi connectivity index (χ0) is 12.5. The predicted octanol–water partition coefficient (Wildman–Crippen LogP) is 2.79. The number of hydrazone groups is 1. The second kappa shape index (κ2) is 4.17. The molecule has 0 N–H and O–H groups in total. The van der Waals surface area contributed by atoms with Crippen LogP contribution in [-0.2, 0) is 4.79 Å². The molecule has 1 aliphatic heterocycles. The number of ketones is 1. The van der Waals surface area contributed by atoms with Crippen molar-refractivity contribution in [2.75, 3.05) is 5.01 Å². The van der Waals surface area contributed by atoms with Crippen LogP contribution in [0.4, 0.5) is 5.69 Å². The van der Waals surface area contributed by atoms with Gasteiger partial charge in [-0.25, -0.2) is 0 Å². The lowest BCUT2D eigenvalue weighted by Gasteiger charge is -2.31. The number of carbonyl (C=O) groups is 1. The smallest absolute Gasteiger partial charge is 0.175 e. The van der Waals surface area contributed by atoms with Gasteiger partial charge in [-0.05, 0) is 19.1 Å². The number of hydrogen-bond donors (Lipinski definition) is 0. The van der Waals surface area contributed by atoms with Crippen molar-refractivity contribution < 1.29 is 4.79 Å². The van der Waals surface area contributed by atoms with Gasteiger partial charge in [0.2, 0.25) is 0 Å². The van der Waals surface area contributed by atoms with Crippen LogP contribution in [-0.4, -0.2) is 17.0 Å². The quantitative estimate of drug-likeness (QED) is 0.745. The third kappa shape index (κ3) is 2.00. The van der Waals surface area contributed by atoms with Crippen molar-refractivity contribution in [1.29, 1.82) is 0 Å². The second-order valence-corrected chi connectivity index (χ2v) is 4.49. The molecule has 0 aromatic heterocycles. The van der Waals surface area contributed by atoms with Gasteiger partial charge in [-0.1, -0.05) is 24.3 Å². The molecule has 1 atom stereocenters. The van der Waals surface area contributed by atoms with E-state index in [1.165, 1.54) is 0 Å². The molecule has 1 heterocycles. The maximum Gasteiger partial charge on any atom is 0.175 e. The summed E-state index contributed by atoms with van der Waals surface area (Å²) in [5, 5.41) is 6.28. The minimum atomic E-state index is -0.317. The Labute approximate surface area is 101 Å². The van der Waals surface area contributed by atoms with Crippen molar-refractivity contribution in [2.45, 2.75) is 25.8 Å². The molecule has 3 nitrogen and oxygen atoms in total. The van der Waals surface area contributed by atoms with Crippen LogP contribution < -0.4 is 5.01 Å². The van der Waals surface area contributed by atoms with Gasteiger partial charge in [0.15, 0.2) is 5.78 Å². The van der Waals surface area contributed by atoms with Crippen molar-refractivity contribution in [3.63, 3.8) is 0 Å². The van der Waals surface area contributed by atoms with E-state index in [9.17, 15) is 4.79 Å². The van der Waals surface area contributed by atoms with E-state index in [1.807, 2.05) is 48.3 Å². The molecule has 0 bridgehead atoms. The van der Waals surface area contributed by atoms with Gasteiger partial charge in [0.1, 0.15) is 5.71 Å². The first kappa shape index (κ1) is 11.6. The molecular formula is C14H16N2O. The third-order valence-corrected chi connectivity index (χ3v) is 3.08. The van der Waals surface area contributed by atoms with Crippen LogP contribution in [0.15, 0.2) is 48.1 Å². The Morgan fingerprint density at radius 1 is 1.47 bits per heavy atom. The zero-order valence-corrected chi connectivity index (χ0v) is 10.2. The lowest BCUT2D eigenvalue weighted by atomic mass is 9.94. The summed E-state index contributed by atoms with van der Waals surface area (Å²) in [5.74, 6) is 0.0245. The van der Waals surface area contributed by atoms with Crippen molar-refractivity contribution in [1.82, 2.24) is 0 Å². The molecule has 3 heteroatoms. The highest BCUT2D eigenvalue weighted by Crippen LogP contribution is 2.33. The number of carbonyl (C=O) groups excluding carboxylic acids is 1. The van der Waals surface area contributed by atoms with Crippen LogP contribution in [0.25, 0.3) is 0 Å². The van der Waals surface area contributed by atoms with Crippen LogP contribution in [0.1, 0.15) is 20.3 Å². The van der Waals surface area contributed by atoms with Crippen LogP contribution in [0.2, 0.25) is 0 Å². The van der Waals surface area contributed by atoms with Gasteiger partial charge in [0.05, 0.1) is 11.2 Å². The first-order valence-corrected chi connectivity index (χ1v) is 5.64. The molecule has 1 unspecified atom stereocenters. The van der Waals surface area contributed by atoms with E-state index >= 15 is 0 Å². The van der Waals surface area contributed by atoms with Crippen LogP contribution in [0.3, 0.4) is 0 Å². The summed E-state index contributed by atoms with van der Waals surface area (Å²) < 4.78 is 0. The fourth-order valence-electron chi connectivity index (χ4n) is 1.96. The normalized spacial score (nSPS) is 23.4. The number of Topliss-reactive ketones (excluding diaryl/α,β-unsaturated/α-hetero) is 1. The highest BCUT2D eigenvalue weighted by molar-refractivity contribution is 6.40. The molecule has 0 radical (unpaired) electrons. The minimum Gasteiger partial charge on any atom is -0.293 e. The molecule has 1 aliphatic rings. The molecule has 1 aromatic carbocycles. The first-order chi connectivity index (χ1) is 8.07. The summed E-state index contributed by atoms with van der Waals surface area (Å²) in [4.78, 5) is 11.4. The zero-order valence-electron chi connectivity index (χ0n) is 10.2. The standard InChI is InChI=1S/C14H16N2O/c1-4-14(3)10-13(11(2)17)15-16(14)12-8-6-5-7-9-12/h4-9H,1,10H2,2-3H3. The number of rotatable bonds is 3. The summed E-state index contributed by atoms with van der Waals surface area (Å²) in [6, 6.07) is 9.84. The summed E-state index contributed by atoms with van der Waals surface area (Å²) in [5.41, 5.74) is 1.27. The number of para-hydroxylation sites is 1. The number of nitrogens with zero attached hydrogens (tertiary/aromatic N) is 2. The fraction of sp³-hybridized carbons (Fsp3) is 0.286. The lowest BCUT2D eigenvalue weighted by molar-refractivity contribution is -0.111. The van der Waals surface area contributed by atoms with Crippen LogP contribution in [0.5, 0.6) is 0 Å². The van der Waals surface area contributed by atoms with E-state index in [1.54, 1.807) is 6.92 Å². The Morgan fingerprint density at radius 2 is 2.12 bits per heavy atom. The van der Waals surface area contributed by atoms with Gasteiger partial charge in [0, 0.05) is 13.3 Å². The monoisotopic (exact) mass is 228 g/mol. The van der Waals surface area contributed by atoms with E-state index in [4.69, 9.17) is 0 Å². The molecule has 0 fully saturated rings. The summed E-state index contributed by atoms with van der Waals surface area (Å²) in [7, 11) is 0. The van der Waals surface area contributed by atoms with Crippen LogP contribution in [0, 0.1) is 0 Å². The third-order valence-electron chi connectivity index (χ3n) is 3.08. The van der Waals surface area contributed by atoms with Gasteiger partial charge >= 0.3 is 0 Å². The Bertz CT molecular complexity index is 478. The minimum absolute atomic E-state index is 0.0245. The van der Waals surface area contributed by atoms with Crippen molar-refractivity contribution >= 4 is 17.2 Å². The molecule has 2 rings (SSSR count). The molecule has 0 saturated carbocycles. The highest BCUT2D eigenvalue weighted by atomic mass is 16.1. The average Bonchev–Trinajstić information content (AvgIpc) is 2.69. The summed E-state index contributed by atoms with van der Waals surface area (Å²) in [6.45, 7) is 7.44. The Balaban J connectivity index is 2.43. The SMILES string of the molecule is C=CC1(C)CC(C(C)=O)=NN1c1ccccc1. The van der Waals surface area contributed by atoms with Gasteiger partial charge in [0.25, 0.3) is 0 Å². The first-order valence-electron chi connectivity index (χ1n) is 5.64. The van der Waals surface area contributed by atoms with Crippen molar-refractivity contribution in [3.8, 4) is 0 Å². The van der Waals surface area contributed by atoms with E-state index in [-0.39, 0.29) is 11.3 Å². The number of benzene rings is 1. The van der Waals surface area contributed by atoms with Crippen molar-refractivity contribution in [2.24, 2.45) is 5.10 Å². The van der Waals surface area contributed by atoms with Crippen molar-refractivity contribution in [3.05, 3.63) is 43.0 Å². The molecular weight excluding hydrogens is 212 g/mol. The van der Waals surface area contributed by atoms with E-state index in [0.717, 1.165) is 5.69 Å². The predicted molar refractivity (Wildman–Crippen MR) is 70.3 cm³/mol. The van der Waals surface area contributed by atoms with Gasteiger partial charge in [-0.2, -0.15) is 5.10 Å². The number of hydrogen-bond acceptors (Lipinski definition) is 3. The summed E-state index contributed by atoms with van der Waals surface area (Å²) in [6.07, 6.45) is 2.46. The van der Waals surface area contributed by atoms with Gasteiger partial charge in [-0.3, -0.25) is 9.80 Å². The Kier molecular flexibility index (Phi) is 2.84. The average molecular weight is 228 g/mol. The molecule has 0 spiro atoms. The molecule has 88 valence electrons. The fourth-order valence-corrected chi connectivity index (χ4v) is 1.96. The molecule has 0 saturated heterocycles. The maximum absolute atomic E-state index is 11.4. The molecule has 0 aliphatic carbocycles. The lowest BCUT2D eigenvalue weighted by Crippen LogP contribution is -2.37.